The highest BCUT2D eigenvalue weighted by Gasteiger charge is 2.22. The second kappa shape index (κ2) is 4.60. The van der Waals surface area contributed by atoms with Gasteiger partial charge in [-0.05, 0) is 13.8 Å². The van der Waals surface area contributed by atoms with Crippen molar-refractivity contribution in [2.75, 3.05) is 24.6 Å². The Labute approximate surface area is 77.9 Å². The van der Waals surface area contributed by atoms with Crippen LogP contribution in [-0.4, -0.2) is 41.6 Å². The minimum Gasteiger partial charge on any atom is -0.338 e. The maximum atomic E-state index is 11.4. The summed E-state index contributed by atoms with van der Waals surface area (Å²) in [6.07, 6.45) is 0. The van der Waals surface area contributed by atoms with Gasteiger partial charge in [0.05, 0.1) is 0 Å². The van der Waals surface area contributed by atoms with Gasteiger partial charge >= 0.3 is 6.03 Å². The van der Waals surface area contributed by atoms with E-state index in [1.165, 1.54) is 0 Å². The third-order valence-electron chi connectivity index (χ3n) is 1.96. The molecule has 0 bridgehead atoms. The van der Waals surface area contributed by atoms with Crippen LogP contribution in [0.3, 0.4) is 0 Å². The van der Waals surface area contributed by atoms with Crippen LogP contribution in [0.4, 0.5) is 4.79 Å². The summed E-state index contributed by atoms with van der Waals surface area (Å²) in [6.45, 7) is 5.65. The SMILES string of the molecule is CCNC(=O)N1CCSCC1C. The summed E-state index contributed by atoms with van der Waals surface area (Å²) < 4.78 is 0. The minimum absolute atomic E-state index is 0.0882. The summed E-state index contributed by atoms with van der Waals surface area (Å²) in [4.78, 5) is 13.3. The maximum Gasteiger partial charge on any atom is 0.317 e. The van der Waals surface area contributed by atoms with Gasteiger partial charge < -0.3 is 10.2 Å². The first-order valence-electron chi connectivity index (χ1n) is 4.38. The first-order chi connectivity index (χ1) is 5.75. The Morgan fingerprint density at radius 2 is 2.50 bits per heavy atom. The number of rotatable bonds is 1. The van der Waals surface area contributed by atoms with E-state index < -0.39 is 0 Å². The van der Waals surface area contributed by atoms with Crippen LogP contribution >= 0.6 is 11.8 Å². The number of nitrogens with one attached hydrogen (secondary N) is 1. The van der Waals surface area contributed by atoms with E-state index in [1.807, 2.05) is 23.6 Å². The molecule has 0 spiro atoms. The highest BCUT2D eigenvalue weighted by Crippen LogP contribution is 2.15. The molecule has 2 amide bonds. The number of thioether (sulfide) groups is 1. The van der Waals surface area contributed by atoms with E-state index >= 15 is 0 Å². The molecule has 3 nitrogen and oxygen atoms in total. The van der Waals surface area contributed by atoms with Crippen LogP contribution in [-0.2, 0) is 0 Å². The van der Waals surface area contributed by atoms with Gasteiger partial charge in [-0.15, -0.1) is 0 Å². The summed E-state index contributed by atoms with van der Waals surface area (Å²) in [5, 5.41) is 2.82. The van der Waals surface area contributed by atoms with Crippen molar-refractivity contribution in [3.63, 3.8) is 0 Å². The number of nitrogens with zero attached hydrogens (tertiary/aromatic N) is 1. The van der Waals surface area contributed by atoms with E-state index in [0.717, 1.165) is 24.6 Å². The molecule has 4 heteroatoms. The van der Waals surface area contributed by atoms with E-state index in [-0.39, 0.29) is 6.03 Å². The van der Waals surface area contributed by atoms with Gasteiger partial charge in [-0.2, -0.15) is 11.8 Å². The van der Waals surface area contributed by atoms with Crippen LogP contribution in [0.15, 0.2) is 0 Å². The molecular formula is C8H16N2OS. The van der Waals surface area contributed by atoms with E-state index in [4.69, 9.17) is 0 Å². The van der Waals surface area contributed by atoms with E-state index in [9.17, 15) is 4.79 Å². The molecule has 0 aromatic carbocycles. The fraction of sp³-hybridized carbons (Fsp3) is 0.875. The topological polar surface area (TPSA) is 32.3 Å². The molecule has 0 aromatic heterocycles. The Morgan fingerprint density at radius 3 is 3.08 bits per heavy atom. The fourth-order valence-electron chi connectivity index (χ4n) is 1.28. The van der Waals surface area contributed by atoms with Gasteiger partial charge in [0, 0.05) is 30.6 Å². The Hall–Kier alpha value is -0.380. The lowest BCUT2D eigenvalue weighted by Gasteiger charge is -2.32. The summed E-state index contributed by atoms with van der Waals surface area (Å²) in [5.74, 6) is 2.14. The minimum atomic E-state index is 0.0882. The summed E-state index contributed by atoms with van der Waals surface area (Å²) in [6, 6.07) is 0.473. The highest BCUT2D eigenvalue weighted by atomic mass is 32.2. The summed E-state index contributed by atoms with van der Waals surface area (Å²) in [7, 11) is 0. The van der Waals surface area contributed by atoms with Crippen LogP contribution in [0.25, 0.3) is 0 Å². The van der Waals surface area contributed by atoms with Crippen molar-refractivity contribution >= 4 is 17.8 Å². The van der Waals surface area contributed by atoms with Crippen LogP contribution < -0.4 is 5.32 Å². The second-order valence-electron chi connectivity index (χ2n) is 2.95. The smallest absolute Gasteiger partial charge is 0.317 e. The molecule has 1 heterocycles. The van der Waals surface area contributed by atoms with Crippen molar-refractivity contribution in [3.8, 4) is 0 Å². The molecule has 1 aliphatic rings. The number of carbonyl (C=O) groups is 1. The second-order valence-corrected chi connectivity index (χ2v) is 4.10. The van der Waals surface area contributed by atoms with Crippen molar-refractivity contribution in [1.82, 2.24) is 10.2 Å². The Balaban J connectivity index is 2.42. The quantitative estimate of drug-likeness (QED) is 0.669. The third-order valence-corrected chi connectivity index (χ3v) is 3.15. The van der Waals surface area contributed by atoms with Crippen molar-refractivity contribution in [3.05, 3.63) is 0 Å². The number of hydrogen-bond acceptors (Lipinski definition) is 2. The van der Waals surface area contributed by atoms with E-state index in [0.29, 0.717) is 6.04 Å². The lowest BCUT2D eigenvalue weighted by atomic mass is 10.3. The van der Waals surface area contributed by atoms with Gasteiger partial charge in [0.1, 0.15) is 0 Å². The molecule has 1 aliphatic heterocycles. The lowest BCUT2D eigenvalue weighted by Crippen LogP contribution is -2.49. The molecule has 1 rings (SSSR count). The number of hydrogen-bond donors (Lipinski definition) is 1. The Morgan fingerprint density at radius 1 is 1.75 bits per heavy atom. The molecule has 12 heavy (non-hydrogen) atoms. The van der Waals surface area contributed by atoms with Crippen molar-refractivity contribution in [2.45, 2.75) is 19.9 Å². The number of urea groups is 1. The molecule has 0 saturated carbocycles. The summed E-state index contributed by atoms with van der Waals surface area (Å²) >= 11 is 1.92. The lowest BCUT2D eigenvalue weighted by molar-refractivity contribution is 0.187. The average molecular weight is 188 g/mol. The Bertz CT molecular complexity index is 163. The predicted octanol–water partition coefficient (Wildman–Crippen LogP) is 1.15. The van der Waals surface area contributed by atoms with Crippen molar-refractivity contribution in [2.24, 2.45) is 0 Å². The van der Waals surface area contributed by atoms with Crippen LogP contribution in [0.5, 0.6) is 0 Å². The van der Waals surface area contributed by atoms with Crippen LogP contribution in [0.2, 0.25) is 0 Å². The molecule has 0 aliphatic carbocycles. The van der Waals surface area contributed by atoms with Gasteiger partial charge in [0.25, 0.3) is 0 Å². The number of carbonyl (C=O) groups excluding carboxylic acids is 1. The molecule has 70 valence electrons. The van der Waals surface area contributed by atoms with Gasteiger partial charge in [-0.3, -0.25) is 0 Å². The third kappa shape index (κ3) is 2.30. The van der Waals surface area contributed by atoms with E-state index in [1.54, 1.807) is 0 Å². The zero-order chi connectivity index (χ0) is 8.97. The predicted molar refractivity (Wildman–Crippen MR) is 52.6 cm³/mol. The molecule has 1 saturated heterocycles. The van der Waals surface area contributed by atoms with Crippen LogP contribution in [0, 0.1) is 0 Å². The zero-order valence-electron chi connectivity index (χ0n) is 7.67. The zero-order valence-corrected chi connectivity index (χ0v) is 8.49. The van der Waals surface area contributed by atoms with Gasteiger partial charge in [0.2, 0.25) is 0 Å². The molecule has 1 unspecified atom stereocenters. The molecule has 1 atom stereocenters. The van der Waals surface area contributed by atoms with Gasteiger partial charge in [0.15, 0.2) is 0 Å². The first kappa shape index (κ1) is 9.71. The molecular weight excluding hydrogens is 172 g/mol. The Kier molecular flexibility index (Phi) is 3.72. The van der Waals surface area contributed by atoms with Crippen molar-refractivity contribution in [1.29, 1.82) is 0 Å². The van der Waals surface area contributed by atoms with E-state index in [2.05, 4.69) is 12.2 Å². The molecule has 0 radical (unpaired) electrons. The number of amides is 2. The molecule has 1 N–H and O–H groups in total. The highest BCUT2D eigenvalue weighted by molar-refractivity contribution is 7.99. The maximum absolute atomic E-state index is 11.4. The average Bonchev–Trinajstić information content (AvgIpc) is 2.05. The van der Waals surface area contributed by atoms with Gasteiger partial charge in [-0.25, -0.2) is 4.79 Å². The van der Waals surface area contributed by atoms with Gasteiger partial charge in [-0.1, -0.05) is 0 Å². The standard InChI is InChI=1S/C8H16N2OS/c1-3-9-8(11)10-4-5-12-6-7(10)2/h7H,3-6H2,1-2H3,(H,9,11). The summed E-state index contributed by atoms with van der Waals surface area (Å²) in [5.41, 5.74) is 0. The fourth-order valence-corrected chi connectivity index (χ4v) is 2.30. The van der Waals surface area contributed by atoms with Crippen molar-refractivity contribution < 1.29 is 4.79 Å². The molecule has 0 aromatic rings. The monoisotopic (exact) mass is 188 g/mol. The molecule has 1 fully saturated rings. The van der Waals surface area contributed by atoms with Crippen LogP contribution in [0.1, 0.15) is 13.8 Å². The first-order valence-corrected chi connectivity index (χ1v) is 5.53. The normalized spacial score (nSPS) is 23.8. The largest absolute Gasteiger partial charge is 0.338 e.